The minimum Gasteiger partial charge on any atom is -0.481 e. The number of hydrogen-bond donors (Lipinski definition) is 1. The van der Waals surface area contributed by atoms with E-state index in [4.69, 9.17) is 9.84 Å². The first kappa shape index (κ1) is 18.1. The molecular formula is C18H26ClNO3. The Morgan fingerprint density at radius 2 is 1.70 bits per heavy atom. The van der Waals surface area contributed by atoms with Gasteiger partial charge in [-0.05, 0) is 55.2 Å². The fraction of sp³-hybridized carbons (Fsp3) is 0.611. The van der Waals surface area contributed by atoms with Crippen LogP contribution >= 0.6 is 12.4 Å². The van der Waals surface area contributed by atoms with E-state index in [0.717, 1.165) is 52.0 Å². The van der Waals surface area contributed by atoms with Gasteiger partial charge in [0.05, 0.1) is 13.2 Å². The van der Waals surface area contributed by atoms with E-state index in [1.54, 1.807) is 0 Å². The molecule has 2 fully saturated rings. The molecule has 1 heterocycles. The van der Waals surface area contributed by atoms with Gasteiger partial charge in [-0.15, -0.1) is 12.4 Å². The van der Waals surface area contributed by atoms with Gasteiger partial charge in [0.2, 0.25) is 0 Å². The molecule has 4 nitrogen and oxygen atoms in total. The molecule has 1 aliphatic heterocycles. The lowest BCUT2D eigenvalue weighted by Crippen LogP contribution is -2.36. The monoisotopic (exact) mass is 339 g/mol. The van der Waals surface area contributed by atoms with Gasteiger partial charge in [0, 0.05) is 25.2 Å². The minimum atomic E-state index is -0.654. The predicted molar refractivity (Wildman–Crippen MR) is 93.7 cm³/mol. The van der Waals surface area contributed by atoms with Crippen LogP contribution in [0.3, 0.4) is 0 Å². The lowest BCUT2D eigenvalue weighted by atomic mass is 9.77. The van der Waals surface area contributed by atoms with Crippen molar-refractivity contribution in [2.24, 2.45) is 5.92 Å². The van der Waals surface area contributed by atoms with Crippen molar-refractivity contribution in [2.45, 2.75) is 38.0 Å². The third kappa shape index (κ3) is 4.85. The fourth-order valence-electron chi connectivity index (χ4n) is 3.73. The van der Waals surface area contributed by atoms with Gasteiger partial charge in [-0.1, -0.05) is 12.1 Å². The molecule has 1 aliphatic carbocycles. The highest BCUT2D eigenvalue weighted by molar-refractivity contribution is 5.85. The van der Waals surface area contributed by atoms with E-state index in [1.165, 1.54) is 11.3 Å². The van der Waals surface area contributed by atoms with Crippen LogP contribution in [0.5, 0.6) is 0 Å². The molecule has 0 atom stereocenters. The van der Waals surface area contributed by atoms with Gasteiger partial charge < -0.3 is 14.7 Å². The second-order valence-electron chi connectivity index (χ2n) is 6.51. The number of carbonyl (C=O) groups is 1. The van der Waals surface area contributed by atoms with Crippen LogP contribution < -0.4 is 4.90 Å². The van der Waals surface area contributed by atoms with Crippen molar-refractivity contribution in [3.8, 4) is 0 Å². The number of carboxylic acid groups (broad SMARTS) is 1. The van der Waals surface area contributed by atoms with Crippen LogP contribution in [0.2, 0.25) is 0 Å². The maximum absolute atomic E-state index is 10.8. The summed E-state index contributed by atoms with van der Waals surface area (Å²) in [5, 5.41) is 8.89. The highest BCUT2D eigenvalue weighted by atomic mass is 35.5. The van der Waals surface area contributed by atoms with Gasteiger partial charge in [0.1, 0.15) is 0 Å². The Morgan fingerprint density at radius 1 is 1.09 bits per heavy atom. The Kier molecular flexibility index (Phi) is 6.72. The molecule has 2 aliphatic rings. The first-order valence-electron chi connectivity index (χ1n) is 8.37. The molecule has 1 N–H and O–H groups in total. The first-order chi connectivity index (χ1) is 10.7. The summed E-state index contributed by atoms with van der Waals surface area (Å²) in [6.45, 7) is 3.57. The zero-order valence-corrected chi connectivity index (χ0v) is 14.3. The van der Waals surface area contributed by atoms with Crippen LogP contribution in [0.4, 0.5) is 5.69 Å². The summed E-state index contributed by atoms with van der Waals surface area (Å²) in [6, 6.07) is 8.97. The molecule has 1 saturated carbocycles. The first-order valence-corrected chi connectivity index (χ1v) is 8.37. The zero-order chi connectivity index (χ0) is 15.4. The number of morpholine rings is 1. The smallest absolute Gasteiger partial charge is 0.303 e. The van der Waals surface area contributed by atoms with Crippen LogP contribution in [-0.2, 0) is 9.53 Å². The van der Waals surface area contributed by atoms with Gasteiger partial charge in [0.15, 0.2) is 0 Å². The number of hydrogen-bond acceptors (Lipinski definition) is 3. The zero-order valence-electron chi connectivity index (χ0n) is 13.4. The van der Waals surface area contributed by atoms with E-state index in [9.17, 15) is 4.79 Å². The summed E-state index contributed by atoms with van der Waals surface area (Å²) in [4.78, 5) is 13.2. The summed E-state index contributed by atoms with van der Waals surface area (Å²) < 4.78 is 5.39. The molecular weight excluding hydrogens is 314 g/mol. The van der Waals surface area contributed by atoms with Crippen molar-refractivity contribution < 1.29 is 14.6 Å². The van der Waals surface area contributed by atoms with Gasteiger partial charge in [-0.3, -0.25) is 4.79 Å². The van der Waals surface area contributed by atoms with E-state index in [-0.39, 0.29) is 12.4 Å². The Bertz CT molecular complexity index is 491. The summed E-state index contributed by atoms with van der Waals surface area (Å²) in [5.74, 6) is 0.323. The number of rotatable bonds is 4. The second-order valence-corrected chi connectivity index (χ2v) is 6.51. The molecule has 0 radical (unpaired) electrons. The Hall–Kier alpha value is -1.26. The molecule has 128 valence electrons. The molecule has 1 saturated heterocycles. The molecule has 1 aromatic carbocycles. The fourth-order valence-corrected chi connectivity index (χ4v) is 3.73. The number of ether oxygens (including phenoxy) is 1. The van der Waals surface area contributed by atoms with Crippen molar-refractivity contribution in [1.82, 2.24) is 0 Å². The molecule has 0 aromatic heterocycles. The quantitative estimate of drug-likeness (QED) is 0.908. The van der Waals surface area contributed by atoms with Crippen molar-refractivity contribution >= 4 is 24.1 Å². The third-order valence-corrected chi connectivity index (χ3v) is 5.05. The Morgan fingerprint density at radius 3 is 2.26 bits per heavy atom. The summed E-state index contributed by atoms with van der Waals surface area (Å²) in [6.07, 6.45) is 4.66. The number of nitrogens with zero attached hydrogens (tertiary/aromatic N) is 1. The lowest BCUT2D eigenvalue weighted by Gasteiger charge is -2.30. The van der Waals surface area contributed by atoms with Gasteiger partial charge in [0.25, 0.3) is 0 Å². The normalized spacial score (nSPS) is 24.8. The number of aliphatic carboxylic acids is 1. The predicted octanol–water partition coefficient (Wildman–Crippen LogP) is 3.69. The van der Waals surface area contributed by atoms with Crippen molar-refractivity contribution in [2.75, 3.05) is 31.2 Å². The molecule has 5 heteroatoms. The summed E-state index contributed by atoms with van der Waals surface area (Å²) in [5.41, 5.74) is 2.69. The Balaban J connectivity index is 0.00000192. The van der Waals surface area contributed by atoms with Crippen molar-refractivity contribution in [3.05, 3.63) is 29.8 Å². The standard InChI is InChI=1S/C18H25NO3.ClH/c20-18(21)13-14-1-3-15(4-2-14)16-5-7-17(8-6-16)19-9-11-22-12-10-19;/h5-8,14-15H,1-4,9-13H2,(H,20,21);1H. The molecule has 0 unspecified atom stereocenters. The van der Waals surface area contributed by atoms with E-state index in [1.807, 2.05) is 0 Å². The maximum Gasteiger partial charge on any atom is 0.303 e. The van der Waals surface area contributed by atoms with Gasteiger partial charge in [-0.25, -0.2) is 0 Å². The van der Waals surface area contributed by atoms with Gasteiger partial charge in [-0.2, -0.15) is 0 Å². The van der Waals surface area contributed by atoms with E-state index in [2.05, 4.69) is 29.2 Å². The van der Waals surface area contributed by atoms with Crippen LogP contribution in [0, 0.1) is 5.92 Å². The number of carboxylic acids is 1. The van der Waals surface area contributed by atoms with Crippen LogP contribution in [0.15, 0.2) is 24.3 Å². The highest BCUT2D eigenvalue weighted by Gasteiger charge is 2.24. The Labute approximate surface area is 144 Å². The van der Waals surface area contributed by atoms with Crippen LogP contribution in [0.1, 0.15) is 43.6 Å². The van der Waals surface area contributed by atoms with Crippen molar-refractivity contribution in [3.63, 3.8) is 0 Å². The minimum absolute atomic E-state index is 0. The molecule has 23 heavy (non-hydrogen) atoms. The average molecular weight is 340 g/mol. The van der Waals surface area contributed by atoms with Crippen molar-refractivity contribution in [1.29, 1.82) is 0 Å². The van der Waals surface area contributed by atoms with Crippen LogP contribution in [-0.4, -0.2) is 37.4 Å². The van der Waals surface area contributed by atoms with Gasteiger partial charge >= 0.3 is 5.97 Å². The van der Waals surface area contributed by atoms with Crippen LogP contribution in [0.25, 0.3) is 0 Å². The second kappa shape index (κ2) is 8.55. The lowest BCUT2D eigenvalue weighted by molar-refractivity contribution is -0.138. The SMILES string of the molecule is Cl.O=C(O)CC1CCC(c2ccc(N3CCOCC3)cc2)CC1. The topological polar surface area (TPSA) is 49.8 Å². The maximum atomic E-state index is 10.8. The molecule has 0 spiro atoms. The molecule has 1 aromatic rings. The van der Waals surface area contributed by atoms with E-state index < -0.39 is 5.97 Å². The molecule has 3 rings (SSSR count). The molecule has 0 amide bonds. The number of halogens is 1. The summed E-state index contributed by atoms with van der Waals surface area (Å²) >= 11 is 0. The van der Waals surface area contributed by atoms with E-state index >= 15 is 0 Å². The molecule has 0 bridgehead atoms. The van der Waals surface area contributed by atoms with E-state index in [0.29, 0.717) is 18.3 Å². The number of benzene rings is 1. The number of anilines is 1. The average Bonchev–Trinajstić information content (AvgIpc) is 2.56. The third-order valence-electron chi connectivity index (χ3n) is 5.05. The highest BCUT2D eigenvalue weighted by Crippen LogP contribution is 2.37. The largest absolute Gasteiger partial charge is 0.481 e. The summed E-state index contributed by atoms with van der Waals surface area (Å²) in [7, 11) is 0.